The molecule has 0 radical (unpaired) electrons. The molecule has 4 amide bonds. The third kappa shape index (κ3) is 9.85. The van der Waals surface area contributed by atoms with Crippen LogP contribution in [-0.2, 0) is 31.5 Å². The lowest BCUT2D eigenvalue weighted by Crippen LogP contribution is -2.37. The molecular weight excluding hydrogens is 766 g/mol. The fourth-order valence-corrected chi connectivity index (χ4v) is 5.65. The molecule has 6 rings (SSSR count). The van der Waals surface area contributed by atoms with E-state index in [-0.39, 0.29) is 24.0 Å². The van der Waals surface area contributed by atoms with Crippen LogP contribution in [-0.4, -0.2) is 41.8 Å². The first-order valence-corrected chi connectivity index (χ1v) is 17.0. The van der Waals surface area contributed by atoms with Gasteiger partial charge < -0.3 is 24.8 Å². The molecule has 0 saturated carbocycles. The molecule has 4 N–H and O–H groups in total. The standard InChI is InChI=1S/C38H30F6N6O7/c39-37(40,41)23-8-2-4-10-25(23)45-30(51)15-17-32(53)47-49-34-22-7-1-6-12-27(22)57-36(21-13-14-28-29(19-21)56-20-55-28)35(34)50-48-33(54)18-16-31(52)46-26-11-5-3-9-24(26)38(42,43)44/h1-14,19,36H,15-18,20H2,(H,45,51)(H,46,52)(H,47,53)(H,48,54)/b49-34-,50-35-. The highest BCUT2D eigenvalue weighted by molar-refractivity contribution is 6.51. The highest BCUT2D eigenvalue weighted by atomic mass is 19.4. The van der Waals surface area contributed by atoms with Gasteiger partial charge in [-0.25, -0.2) is 10.9 Å². The molecule has 0 bridgehead atoms. The van der Waals surface area contributed by atoms with Crippen LogP contribution in [0.1, 0.15) is 54.0 Å². The number of carbonyl (C=O) groups excluding carboxylic acids is 4. The average Bonchev–Trinajstić information content (AvgIpc) is 3.65. The summed E-state index contributed by atoms with van der Waals surface area (Å²) >= 11 is 0. The minimum Gasteiger partial charge on any atom is -0.478 e. The molecule has 0 aromatic heterocycles. The van der Waals surface area contributed by atoms with E-state index in [2.05, 4.69) is 31.7 Å². The van der Waals surface area contributed by atoms with Crippen LogP contribution in [0.5, 0.6) is 17.2 Å². The number of nitrogens with one attached hydrogen (secondary N) is 4. The molecule has 57 heavy (non-hydrogen) atoms. The first-order valence-electron chi connectivity index (χ1n) is 17.0. The van der Waals surface area contributed by atoms with Crippen LogP contribution in [0.15, 0.2) is 101 Å². The Kier molecular flexibility index (Phi) is 11.7. The van der Waals surface area contributed by atoms with E-state index in [9.17, 15) is 45.5 Å². The molecule has 2 aliphatic heterocycles. The molecule has 0 aliphatic carbocycles. The van der Waals surface area contributed by atoms with Gasteiger partial charge in [0.25, 0.3) is 0 Å². The summed E-state index contributed by atoms with van der Waals surface area (Å²) in [4.78, 5) is 51.0. The molecule has 19 heteroatoms. The van der Waals surface area contributed by atoms with Crippen LogP contribution >= 0.6 is 0 Å². The number of fused-ring (bicyclic) bond motifs is 2. The average molecular weight is 797 g/mol. The molecular formula is C38H30F6N6O7. The fourth-order valence-electron chi connectivity index (χ4n) is 5.65. The molecule has 13 nitrogen and oxygen atoms in total. The van der Waals surface area contributed by atoms with E-state index in [1.807, 2.05) is 0 Å². The van der Waals surface area contributed by atoms with Gasteiger partial charge in [0.15, 0.2) is 17.6 Å². The Morgan fingerprint density at radius 1 is 0.596 bits per heavy atom. The minimum atomic E-state index is -4.73. The summed E-state index contributed by atoms with van der Waals surface area (Å²) in [5.74, 6) is -2.23. The first kappa shape index (κ1) is 39.8. The second kappa shape index (κ2) is 16.8. The maximum absolute atomic E-state index is 13.4. The van der Waals surface area contributed by atoms with Crippen molar-refractivity contribution in [3.63, 3.8) is 0 Å². The van der Waals surface area contributed by atoms with Crippen LogP contribution in [0.4, 0.5) is 37.7 Å². The van der Waals surface area contributed by atoms with Crippen molar-refractivity contribution >= 4 is 46.4 Å². The SMILES string of the molecule is O=C(CCC(=O)Nc1ccccc1C(F)(F)F)N/N=C1\C(=N\NC(=O)CCC(=O)Nc2ccccc2C(F)(F)F)C(c2ccc3c(c2)OCO3)Oc2ccccc21. The number of halogens is 6. The molecule has 296 valence electrons. The number of anilines is 2. The predicted octanol–water partition coefficient (Wildman–Crippen LogP) is 6.72. The molecule has 1 atom stereocenters. The van der Waals surface area contributed by atoms with E-state index < -0.39 is 90.3 Å². The Morgan fingerprint density at radius 3 is 1.70 bits per heavy atom. The minimum absolute atomic E-state index is 0.00164. The van der Waals surface area contributed by atoms with Crippen LogP contribution in [0, 0.1) is 0 Å². The summed E-state index contributed by atoms with van der Waals surface area (Å²) in [6.07, 6.45) is -12.6. The molecule has 4 aromatic carbocycles. The van der Waals surface area contributed by atoms with Gasteiger partial charge in [-0.3, -0.25) is 19.2 Å². The van der Waals surface area contributed by atoms with Crippen molar-refractivity contribution in [3.8, 4) is 17.2 Å². The zero-order valence-corrected chi connectivity index (χ0v) is 29.3. The first-order chi connectivity index (χ1) is 27.2. The van der Waals surface area contributed by atoms with E-state index in [0.717, 1.165) is 24.3 Å². The second-order valence-corrected chi connectivity index (χ2v) is 12.3. The van der Waals surface area contributed by atoms with E-state index >= 15 is 0 Å². The normalized spacial score (nSPS) is 16.0. The number of ether oxygens (including phenoxy) is 3. The van der Waals surface area contributed by atoms with Crippen molar-refractivity contribution in [1.82, 2.24) is 10.9 Å². The molecule has 0 saturated heterocycles. The monoisotopic (exact) mass is 796 g/mol. The number of hydrazone groups is 2. The molecule has 1 unspecified atom stereocenters. The van der Waals surface area contributed by atoms with Gasteiger partial charge in [-0.1, -0.05) is 42.5 Å². The third-order valence-corrected chi connectivity index (χ3v) is 8.34. The lowest BCUT2D eigenvalue weighted by molar-refractivity contribution is -0.138. The number of alkyl halides is 6. The smallest absolute Gasteiger partial charge is 0.418 e. The van der Waals surface area contributed by atoms with Gasteiger partial charge >= 0.3 is 12.4 Å². The Hall–Kier alpha value is -6.92. The number of carbonyl (C=O) groups is 4. The van der Waals surface area contributed by atoms with Crippen molar-refractivity contribution in [2.24, 2.45) is 10.2 Å². The highest BCUT2D eigenvalue weighted by Crippen LogP contribution is 2.39. The molecule has 4 aromatic rings. The molecule has 0 spiro atoms. The topological polar surface area (TPSA) is 169 Å². The number of hydrogen-bond acceptors (Lipinski definition) is 9. The van der Waals surface area contributed by atoms with Gasteiger partial charge in [0.1, 0.15) is 17.2 Å². The Bertz CT molecular complexity index is 2260. The van der Waals surface area contributed by atoms with Gasteiger partial charge in [0.05, 0.1) is 22.5 Å². The fraction of sp³-hybridized carbons (Fsp3) is 0.211. The quantitative estimate of drug-likeness (QED) is 0.0966. The largest absolute Gasteiger partial charge is 0.478 e. The maximum Gasteiger partial charge on any atom is 0.418 e. The van der Waals surface area contributed by atoms with Crippen LogP contribution in [0.2, 0.25) is 0 Å². The number of hydrogen-bond donors (Lipinski definition) is 4. The van der Waals surface area contributed by atoms with E-state index in [1.165, 1.54) is 24.3 Å². The van der Waals surface area contributed by atoms with Crippen LogP contribution in [0.3, 0.4) is 0 Å². The highest BCUT2D eigenvalue weighted by Gasteiger charge is 2.36. The zero-order chi connectivity index (χ0) is 40.7. The second-order valence-electron chi connectivity index (χ2n) is 12.3. The van der Waals surface area contributed by atoms with Gasteiger partial charge in [-0.05, 0) is 48.5 Å². The van der Waals surface area contributed by atoms with Crippen molar-refractivity contribution in [3.05, 3.63) is 113 Å². The Labute approximate surface area is 319 Å². The van der Waals surface area contributed by atoms with Crippen LogP contribution < -0.4 is 35.7 Å². The third-order valence-electron chi connectivity index (χ3n) is 8.34. The van der Waals surface area contributed by atoms with E-state index in [0.29, 0.717) is 22.6 Å². The lowest BCUT2D eigenvalue weighted by Gasteiger charge is -2.29. The summed E-state index contributed by atoms with van der Waals surface area (Å²) < 4.78 is 97.5. The van der Waals surface area contributed by atoms with Crippen molar-refractivity contribution in [2.45, 2.75) is 44.1 Å². The Balaban J connectivity index is 1.20. The predicted molar refractivity (Wildman–Crippen MR) is 191 cm³/mol. The summed E-state index contributed by atoms with van der Waals surface area (Å²) in [6, 6.07) is 20.1. The van der Waals surface area contributed by atoms with Crippen LogP contribution in [0.25, 0.3) is 0 Å². The van der Waals surface area contributed by atoms with Crippen molar-refractivity contribution in [2.75, 3.05) is 17.4 Å². The van der Waals surface area contributed by atoms with Crippen molar-refractivity contribution < 1.29 is 59.7 Å². The van der Waals surface area contributed by atoms with E-state index in [1.54, 1.807) is 42.5 Å². The summed E-state index contributed by atoms with van der Waals surface area (Å²) in [7, 11) is 0. The van der Waals surface area contributed by atoms with Gasteiger partial charge in [0, 0.05) is 36.8 Å². The molecule has 0 fully saturated rings. The van der Waals surface area contributed by atoms with Gasteiger partial charge in [-0.2, -0.15) is 36.5 Å². The summed E-state index contributed by atoms with van der Waals surface area (Å²) in [6.45, 7) is -0.0366. The van der Waals surface area contributed by atoms with Gasteiger partial charge in [0.2, 0.25) is 30.4 Å². The lowest BCUT2D eigenvalue weighted by atomic mass is 9.93. The molecule has 2 aliphatic rings. The van der Waals surface area contributed by atoms with E-state index in [4.69, 9.17) is 14.2 Å². The van der Waals surface area contributed by atoms with Crippen molar-refractivity contribution in [1.29, 1.82) is 0 Å². The number of para-hydroxylation sites is 3. The molecule has 2 heterocycles. The Morgan fingerprint density at radius 2 is 1.11 bits per heavy atom. The number of rotatable bonds is 11. The number of amides is 4. The maximum atomic E-state index is 13.4. The summed E-state index contributed by atoms with van der Waals surface area (Å²) in [5, 5.41) is 12.8. The number of nitrogens with zero attached hydrogens (tertiary/aromatic N) is 2. The number of benzene rings is 4. The zero-order valence-electron chi connectivity index (χ0n) is 29.3. The van der Waals surface area contributed by atoms with Gasteiger partial charge in [-0.15, -0.1) is 0 Å². The summed E-state index contributed by atoms with van der Waals surface area (Å²) in [5.41, 5.74) is 2.27.